The molecule has 0 fully saturated rings. The van der Waals surface area contributed by atoms with Gasteiger partial charge in [-0.05, 0) is 30.0 Å². The molecular formula is C14H20ClNO2. The van der Waals surface area contributed by atoms with Gasteiger partial charge in [-0.15, -0.1) is 0 Å². The van der Waals surface area contributed by atoms with Gasteiger partial charge < -0.3 is 10.4 Å². The van der Waals surface area contributed by atoms with E-state index in [9.17, 15) is 9.90 Å². The molecule has 0 aliphatic carbocycles. The average Bonchev–Trinajstić information content (AvgIpc) is 2.27. The lowest BCUT2D eigenvalue weighted by atomic mass is 10.0. The predicted octanol–water partition coefficient (Wildman–Crippen LogP) is 2.41. The third-order valence-corrected chi connectivity index (χ3v) is 2.83. The Hall–Kier alpha value is -1.06. The number of carbonyl (C=O) groups is 1. The average molecular weight is 270 g/mol. The zero-order chi connectivity index (χ0) is 13.5. The Kier molecular flexibility index (Phi) is 6.16. The number of aliphatic hydroxyl groups is 1. The van der Waals surface area contributed by atoms with E-state index in [0.29, 0.717) is 10.9 Å². The number of hydrogen-bond donors (Lipinski definition) is 2. The van der Waals surface area contributed by atoms with E-state index in [1.807, 2.05) is 12.1 Å². The molecule has 0 saturated heterocycles. The lowest BCUT2D eigenvalue weighted by molar-refractivity contribution is -0.121. The van der Waals surface area contributed by atoms with E-state index in [-0.39, 0.29) is 25.0 Å². The van der Waals surface area contributed by atoms with Gasteiger partial charge in [0.15, 0.2) is 0 Å². The van der Waals surface area contributed by atoms with Crippen molar-refractivity contribution >= 4 is 17.5 Å². The van der Waals surface area contributed by atoms with E-state index >= 15 is 0 Å². The molecule has 1 rings (SSSR count). The summed E-state index contributed by atoms with van der Waals surface area (Å²) >= 11 is 5.86. The van der Waals surface area contributed by atoms with Crippen LogP contribution in [-0.4, -0.2) is 23.7 Å². The van der Waals surface area contributed by atoms with Crippen molar-refractivity contribution in [3.05, 3.63) is 34.9 Å². The highest BCUT2D eigenvalue weighted by molar-refractivity contribution is 6.30. The molecule has 1 aromatic rings. The monoisotopic (exact) mass is 269 g/mol. The fraction of sp³-hybridized carbons (Fsp3) is 0.500. The lowest BCUT2D eigenvalue weighted by Crippen LogP contribution is -2.39. The van der Waals surface area contributed by atoms with Gasteiger partial charge in [0.25, 0.3) is 0 Å². The normalized spacial score (nSPS) is 12.5. The van der Waals surface area contributed by atoms with Crippen molar-refractivity contribution in [1.82, 2.24) is 5.32 Å². The second-order valence-electron chi connectivity index (χ2n) is 4.88. The molecule has 4 heteroatoms. The van der Waals surface area contributed by atoms with Gasteiger partial charge in [0.1, 0.15) is 0 Å². The van der Waals surface area contributed by atoms with Crippen molar-refractivity contribution in [2.24, 2.45) is 5.92 Å². The van der Waals surface area contributed by atoms with Crippen LogP contribution in [0.4, 0.5) is 0 Å². The summed E-state index contributed by atoms with van der Waals surface area (Å²) in [5.74, 6) is 0.352. The van der Waals surface area contributed by atoms with Crippen molar-refractivity contribution in [2.75, 3.05) is 6.61 Å². The lowest BCUT2D eigenvalue weighted by Gasteiger charge is -2.18. The van der Waals surface area contributed by atoms with Crippen molar-refractivity contribution in [2.45, 2.75) is 32.7 Å². The molecular weight excluding hydrogens is 250 g/mol. The Morgan fingerprint density at radius 2 is 2.17 bits per heavy atom. The van der Waals surface area contributed by atoms with Gasteiger partial charge in [0, 0.05) is 5.02 Å². The van der Waals surface area contributed by atoms with E-state index in [2.05, 4.69) is 19.2 Å². The number of carbonyl (C=O) groups excluding carboxylic acids is 1. The standard InChI is InChI=1S/C14H20ClNO2/c1-10(2)6-13(9-17)16-14(18)8-11-4-3-5-12(15)7-11/h3-5,7,10,13,17H,6,8-9H2,1-2H3,(H,16,18). The van der Waals surface area contributed by atoms with Crippen LogP contribution in [0.5, 0.6) is 0 Å². The Morgan fingerprint density at radius 3 is 2.72 bits per heavy atom. The maximum Gasteiger partial charge on any atom is 0.224 e. The van der Waals surface area contributed by atoms with Crippen LogP contribution in [0, 0.1) is 5.92 Å². The third-order valence-electron chi connectivity index (χ3n) is 2.60. The second kappa shape index (κ2) is 7.39. The van der Waals surface area contributed by atoms with E-state index in [4.69, 9.17) is 11.6 Å². The highest BCUT2D eigenvalue weighted by Gasteiger charge is 2.13. The Morgan fingerprint density at radius 1 is 1.44 bits per heavy atom. The van der Waals surface area contributed by atoms with Gasteiger partial charge in [-0.2, -0.15) is 0 Å². The molecule has 1 atom stereocenters. The van der Waals surface area contributed by atoms with Crippen LogP contribution in [0.2, 0.25) is 5.02 Å². The van der Waals surface area contributed by atoms with Crippen LogP contribution in [0.25, 0.3) is 0 Å². The molecule has 0 saturated carbocycles. The fourth-order valence-electron chi connectivity index (χ4n) is 1.86. The summed E-state index contributed by atoms with van der Waals surface area (Å²) in [6.07, 6.45) is 1.06. The van der Waals surface area contributed by atoms with Crippen molar-refractivity contribution in [3.63, 3.8) is 0 Å². The number of aliphatic hydroxyl groups excluding tert-OH is 1. The van der Waals surface area contributed by atoms with E-state index < -0.39 is 0 Å². The van der Waals surface area contributed by atoms with Crippen LogP contribution in [0.3, 0.4) is 0 Å². The van der Waals surface area contributed by atoms with E-state index in [1.54, 1.807) is 12.1 Å². The van der Waals surface area contributed by atoms with Gasteiger partial charge in [-0.25, -0.2) is 0 Å². The Balaban J connectivity index is 2.50. The summed E-state index contributed by atoms with van der Waals surface area (Å²) in [5, 5.41) is 12.7. The van der Waals surface area contributed by atoms with Crippen LogP contribution in [0.1, 0.15) is 25.8 Å². The van der Waals surface area contributed by atoms with Crippen LogP contribution in [-0.2, 0) is 11.2 Å². The number of halogens is 1. The summed E-state index contributed by atoms with van der Waals surface area (Å²) in [6.45, 7) is 4.09. The minimum Gasteiger partial charge on any atom is -0.394 e. The molecule has 18 heavy (non-hydrogen) atoms. The SMILES string of the molecule is CC(C)CC(CO)NC(=O)Cc1cccc(Cl)c1. The molecule has 1 aromatic carbocycles. The number of benzene rings is 1. The first-order valence-corrected chi connectivity index (χ1v) is 6.53. The number of hydrogen-bond acceptors (Lipinski definition) is 2. The molecule has 0 aliphatic heterocycles. The van der Waals surface area contributed by atoms with Crippen LogP contribution >= 0.6 is 11.6 Å². The smallest absolute Gasteiger partial charge is 0.224 e. The third kappa shape index (κ3) is 5.52. The van der Waals surface area contributed by atoms with Crippen LogP contribution < -0.4 is 5.32 Å². The highest BCUT2D eigenvalue weighted by Crippen LogP contribution is 2.11. The summed E-state index contributed by atoms with van der Waals surface area (Å²) in [5.41, 5.74) is 0.876. The molecule has 1 unspecified atom stereocenters. The van der Waals surface area contributed by atoms with E-state index in [0.717, 1.165) is 12.0 Å². The van der Waals surface area contributed by atoms with Crippen LogP contribution in [0.15, 0.2) is 24.3 Å². The first kappa shape index (κ1) is 15.0. The van der Waals surface area contributed by atoms with Gasteiger partial charge in [0.2, 0.25) is 5.91 Å². The van der Waals surface area contributed by atoms with Gasteiger partial charge in [-0.3, -0.25) is 4.79 Å². The molecule has 0 radical (unpaired) electrons. The maximum absolute atomic E-state index is 11.8. The van der Waals surface area contributed by atoms with Gasteiger partial charge in [0.05, 0.1) is 19.1 Å². The molecule has 0 heterocycles. The fourth-order valence-corrected chi connectivity index (χ4v) is 2.07. The first-order chi connectivity index (χ1) is 8.51. The largest absolute Gasteiger partial charge is 0.394 e. The number of rotatable bonds is 6. The summed E-state index contributed by atoms with van der Waals surface area (Å²) in [4.78, 5) is 11.8. The first-order valence-electron chi connectivity index (χ1n) is 6.16. The molecule has 2 N–H and O–H groups in total. The zero-order valence-corrected chi connectivity index (χ0v) is 11.6. The topological polar surface area (TPSA) is 49.3 Å². The molecule has 0 aromatic heterocycles. The molecule has 0 bridgehead atoms. The highest BCUT2D eigenvalue weighted by atomic mass is 35.5. The zero-order valence-electron chi connectivity index (χ0n) is 10.8. The minimum atomic E-state index is -0.170. The molecule has 0 aliphatic rings. The Bertz CT molecular complexity index is 393. The number of amides is 1. The molecule has 1 amide bonds. The molecule has 3 nitrogen and oxygen atoms in total. The predicted molar refractivity (Wildman–Crippen MR) is 73.6 cm³/mol. The summed E-state index contributed by atoms with van der Waals surface area (Å²) in [6, 6.07) is 7.07. The Labute approximate surface area is 113 Å². The van der Waals surface area contributed by atoms with Crippen molar-refractivity contribution < 1.29 is 9.90 Å². The van der Waals surface area contributed by atoms with Crippen molar-refractivity contribution in [3.8, 4) is 0 Å². The van der Waals surface area contributed by atoms with Gasteiger partial charge in [-0.1, -0.05) is 37.6 Å². The van der Waals surface area contributed by atoms with Gasteiger partial charge >= 0.3 is 0 Å². The summed E-state index contributed by atoms with van der Waals surface area (Å²) in [7, 11) is 0. The molecule has 0 spiro atoms. The molecule has 100 valence electrons. The summed E-state index contributed by atoms with van der Waals surface area (Å²) < 4.78 is 0. The second-order valence-corrected chi connectivity index (χ2v) is 5.32. The number of nitrogens with one attached hydrogen (secondary N) is 1. The van der Waals surface area contributed by atoms with E-state index in [1.165, 1.54) is 0 Å². The quantitative estimate of drug-likeness (QED) is 0.833. The van der Waals surface area contributed by atoms with Crippen molar-refractivity contribution in [1.29, 1.82) is 0 Å². The maximum atomic E-state index is 11.8. The minimum absolute atomic E-state index is 0.0283.